The van der Waals surface area contributed by atoms with Crippen LogP contribution in [-0.2, 0) is 4.79 Å². The van der Waals surface area contributed by atoms with Crippen LogP contribution in [0.3, 0.4) is 0 Å². The maximum absolute atomic E-state index is 12.0. The molecule has 0 radical (unpaired) electrons. The smallest absolute Gasteiger partial charge is 0.133 e. The molecule has 0 aliphatic heterocycles. The molecule has 7 atom stereocenters. The zero-order valence-electron chi connectivity index (χ0n) is 15.1. The Labute approximate surface area is 160 Å². The van der Waals surface area contributed by atoms with Crippen molar-refractivity contribution in [2.24, 2.45) is 34.5 Å². The van der Waals surface area contributed by atoms with Gasteiger partial charge < -0.3 is 5.11 Å². The summed E-state index contributed by atoms with van der Waals surface area (Å²) in [7, 11) is 0. The Morgan fingerprint density at radius 3 is 2.58 bits per heavy atom. The number of halogens is 1. The summed E-state index contributed by atoms with van der Waals surface area (Å²) in [6.07, 6.45) is 11.8. The topological polar surface area (TPSA) is 37.3 Å². The van der Waals surface area contributed by atoms with E-state index in [2.05, 4.69) is 42.5 Å². The normalized spacial score (nSPS) is 54.4. The maximum Gasteiger partial charge on any atom is 0.133 e. The molecule has 24 heavy (non-hydrogen) atoms. The average Bonchev–Trinajstić information content (AvgIpc) is 2.80. The zero-order chi connectivity index (χ0) is 17.2. The van der Waals surface area contributed by atoms with E-state index >= 15 is 0 Å². The van der Waals surface area contributed by atoms with Gasteiger partial charge >= 0.3 is 0 Å². The number of hydrogen-bond acceptors (Lipinski definition) is 2. The van der Waals surface area contributed by atoms with Crippen molar-refractivity contribution in [1.82, 2.24) is 0 Å². The van der Waals surface area contributed by atoms with E-state index in [0.717, 1.165) is 43.9 Å². The molecule has 4 aliphatic rings. The molecule has 3 heteroatoms. The Balaban J connectivity index is 1.64. The van der Waals surface area contributed by atoms with Gasteiger partial charge in [0.15, 0.2) is 0 Å². The molecule has 0 aromatic rings. The Hall–Kier alpha value is 0.100. The van der Waals surface area contributed by atoms with Crippen molar-refractivity contribution in [2.45, 2.75) is 77.2 Å². The minimum Gasteiger partial charge on any atom is -0.385 e. The van der Waals surface area contributed by atoms with Crippen LogP contribution in [0.5, 0.6) is 0 Å². The van der Waals surface area contributed by atoms with Gasteiger partial charge in [-0.1, -0.05) is 36.4 Å². The first-order valence-electron chi connectivity index (χ1n) is 9.86. The lowest BCUT2D eigenvalue weighted by molar-refractivity contribution is -0.148. The molecule has 4 aliphatic carbocycles. The zero-order valence-corrected chi connectivity index (χ0v) is 17.2. The summed E-state index contributed by atoms with van der Waals surface area (Å²) in [6.45, 7) is 4.85. The van der Waals surface area contributed by atoms with Gasteiger partial charge in [-0.05, 0) is 84.2 Å². The van der Waals surface area contributed by atoms with Gasteiger partial charge in [-0.25, -0.2) is 0 Å². The van der Waals surface area contributed by atoms with Crippen LogP contribution in [0.25, 0.3) is 0 Å². The monoisotopic (exact) mass is 442 g/mol. The van der Waals surface area contributed by atoms with Crippen molar-refractivity contribution in [1.29, 1.82) is 0 Å². The van der Waals surface area contributed by atoms with E-state index in [4.69, 9.17) is 0 Å². The number of rotatable bonds is 1. The number of carbonyl (C=O) groups excluding carboxylic acids is 1. The summed E-state index contributed by atoms with van der Waals surface area (Å²) in [5.41, 5.74) is -0.189. The van der Waals surface area contributed by atoms with E-state index in [1.54, 1.807) is 0 Å². The van der Waals surface area contributed by atoms with E-state index < -0.39 is 5.60 Å². The minimum atomic E-state index is -0.607. The summed E-state index contributed by atoms with van der Waals surface area (Å²) in [4.78, 5) is 12.0. The van der Waals surface area contributed by atoms with Gasteiger partial charge in [0.2, 0.25) is 0 Å². The number of fused-ring (bicyclic) bond motifs is 5. The summed E-state index contributed by atoms with van der Waals surface area (Å²) in [5, 5.41) is 11.3. The largest absolute Gasteiger partial charge is 0.385 e. The van der Waals surface area contributed by atoms with Gasteiger partial charge in [0.1, 0.15) is 5.78 Å². The Bertz CT molecular complexity index is 572. The first kappa shape index (κ1) is 17.5. The average molecular weight is 442 g/mol. The molecule has 0 bridgehead atoms. The van der Waals surface area contributed by atoms with Crippen LogP contribution >= 0.6 is 22.6 Å². The second kappa shape index (κ2) is 5.80. The highest BCUT2D eigenvalue weighted by molar-refractivity contribution is 14.1. The van der Waals surface area contributed by atoms with Crippen LogP contribution in [0.2, 0.25) is 0 Å². The van der Waals surface area contributed by atoms with Crippen molar-refractivity contribution < 1.29 is 9.90 Å². The highest BCUT2D eigenvalue weighted by atomic mass is 127. The molecule has 0 saturated heterocycles. The molecule has 1 N–H and O–H groups in total. The van der Waals surface area contributed by atoms with Gasteiger partial charge in [0, 0.05) is 18.3 Å². The van der Waals surface area contributed by atoms with Crippen LogP contribution < -0.4 is 0 Å². The van der Waals surface area contributed by atoms with Gasteiger partial charge in [-0.15, -0.1) is 0 Å². The molecule has 4 rings (SSSR count). The van der Waals surface area contributed by atoms with Crippen LogP contribution in [-0.4, -0.2) is 16.5 Å². The standard InChI is InChI=1S/C21H31IO2/c1-19-8-5-15(23)13-14(19)3-4-16-17(19)6-9-20(2)18(16)7-10-21(20,24)11-12-22/h11-12,14,16-18,24H,3-10,13H2,1-2H3/t14?,16-,17+,18+,19+,20+,21-/m1/s1. The number of Topliss-reactive ketones (excluding diaryl/α,β-unsaturated/α-hetero) is 1. The third kappa shape index (κ3) is 2.25. The number of hydrogen-bond donors (Lipinski definition) is 1. The molecule has 1 unspecified atom stereocenters. The van der Waals surface area contributed by atoms with E-state index in [1.165, 1.54) is 25.7 Å². The maximum atomic E-state index is 12.0. The van der Waals surface area contributed by atoms with Crippen molar-refractivity contribution >= 4 is 28.4 Å². The summed E-state index contributed by atoms with van der Waals surface area (Å²) < 4.78 is 2.02. The molecule has 0 spiro atoms. The molecule has 0 aromatic heterocycles. The quantitative estimate of drug-likeness (QED) is 0.562. The van der Waals surface area contributed by atoms with Crippen LogP contribution in [0.15, 0.2) is 10.2 Å². The van der Waals surface area contributed by atoms with Crippen molar-refractivity contribution in [2.75, 3.05) is 0 Å². The molecule has 0 heterocycles. The molecule has 0 aromatic carbocycles. The van der Waals surface area contributed by atoms with Crippen molar-refractivity contribution in [3.63, 3.8) is 0 Å². The first-order chi connectivity index (χ1) is 11.3. The minimum absolute atomic E-state index is 0.0452. The molecule has 4 saturated carbocycles. The highest BCUT2D eigenvalue weighted by Gasteiger charge is 2.63. The predicted octanol–water partition coefficient (Wildman–Crippen LogP) is 5.28. The molecular weight excluding hydrogens is 411 g/mol. The fourth-order valence-corrected chi connectivity index (χ4v) is 8.07. The van der Waals surface area contributed by atoms with Crippen LogP contribution in [0.1, 0.15) is 71.6 Å². The summed E-state index contributed by atoms with van der Waals surface area (Å²) >= 11 is 2.25. The van der Waals surface area contributed by atoms with Gasteiger partial charge in [0.05, 0.1) is 5.60 Å². The van der Waals surface area contributed by atoms with Crippen LogP contribution in [0, 0.1) is 34.5 Å². The lowest BCUT2D eigenvalue weighted by Crippen LogP contribution is -2.56. The lowest BCUT2D eigenvalue weighted by Gasteiger charge is -2.60. The number of ketones is 1. The second-order valence-corrected chi connectivity index (χ2v) is 10.3. The third-order valence-corrected chi connectivity index (χ3v) is 9.40. The summed E-state index contributed by atoms with van der Waals surface area (Å²) in [6, 6.07) is 0. The molecule has 0 amide bonds. The van der Waals surface area contributed by atoms with E-state index in [1.807, 2.05) is 4.08 Å². The SMILES string of the molecule is C[C@]12CCC(=O)CC1CC[C@@H]1[C@@H]2CC[C@@]2(C)[C@H]1CC[C@@]2(O)C=CI. The van der Waals surface area contributed by atoms with Gasteiger partial charge in [-0.3, -0.25) is 4.79 Å². The molecule has 4 fully saturated rings. The van der Waals surface area contributed by atoms with Crippen LogP contribution in [0.4, 0.5) is 0 Å². The molecular formula is C21H31IO2. The van der Waals surface area contributed by atoms with E-state index in [-0.39, 0.29) is 5.41 Å². The van der Waals surface area contributed by atoms with Gasteiger partial charge in [-0.2, -0.15) is 0 Å². The van der Waals surface area contributed by atoms with E-state index in [0.29, 0.717) is 23.0 Å². The first-order valence-corrected chi connectivity index (χ1v) is 11.1. The fourth-order valence-electron chi connectivity index (χ4n) is 7.47. The van der Waals surface area contributed by atoms with Gasteiger partial charge in [0.25, 0.3) is 0 Å². The second-order valence-electron chi connectivity index (χ2n) is 9.61. The Morgan fingerprint density at radius 1 is 1.08 bits per heavy atom. The third-order valence-electron chi connectivity index (χ3n) is 9.04. The molecule has 134 valence electrons. The number of aliphatic hydroxyl groups is 1. The van der Waals surface area contributed by atoms with Crippen molar-refractivity contribution in [3.05, 3.63) is 10.2 Å². The van der Waals surface area contributed by atoms with Crippen molar-refractivity contribution in [3.8, 4) is 0 Å². The Kier molecular flexibility index (Phi) is 4.23. The highest BCUT2D eigenvalue weighted by Crippen LogP contribution is 2.68. The summed E-state index contributed by atoms with van der Waals surface area (Å²) in [5.74, 6) is 3.31. The fraction of sp³-hybridized carbons (Fsp3) is 0.857. The number of carbonyl (C=O) groups is 1. The predicted molar refractivity (Wildman–Crippen MR) is 105 cm³/mol. The molecule has 2 nitrogen and oxygen atoms in total. The Morgan fingerprint density at radius 2 is 1.83 bits per heavy atom. The lowest BCUT2D eigenvalue weighted by atomic mass is 9.44. The van der Waals surface area contributed by atoms with E-state index in [9.17, 15) is 9.90 Å².